The zero-order valence-electron chi connectivity index (χ0n) is 13.8. The number of aryl methyl sites for hydroxylation is 2. The Labute approximate surface area is 148 Å². The van der Waals surface area contributed by atoms with Gasteiger partial charge in [-0.15, -0.1) is 5.10 Å². The molecule has 0 bridgehead atoms. The molecule has 0 saturated carbocycles. The lowest BCUT2D eigenvalue weighted by molar-refractivity contribution is -0.115. The average Bonchev–Trinajstić information content (AvgIpc) is 3.28. The summed E-state index contributed by atoms with van der Waals surface area (Å²) in [4.78, 5) is 16.1. The highest BCUT2D eigenvalue weighted by Gasteiger charge is 2.08. The first kappa shape index (κ1) is 17.0. The maximum atomic E-state index is 11.8. The number of hydrogen-bond acceptors (Lipinski definition) is 7. The van der Waals surface area contributed by atoms with Gasteiger partial charge in [-0.25, -0.2) is 4.98 Å². The number of anilines is 1. The van der Waals surface area contributed by atoms with Crippen LogP contribution in [0, 0.1) is 13.8 Å². The number of furan rings is 1. The Balaban J connectivity index is 1.43. The van der Waals surface area contributed by atoms with Gasteiger partial charge >= 0.3 is 0 Å². The van der Waals surface area contributed by atoms with Crippen LogP contribution in [0.15, 0.2) is 32.3 Å². The number of H-pyrrole nitrogens is 1. The molecule has 0 aliphatic rings. The Bertz CT molecular complexity index is 880. The summed E-state index contributed by atoms with van der Waals surface area (Å²) in [5.74, 6) is 3.72. The number of aromatic nitrogens is 4. The van der Waals surface area contributed by atoms with Crippen LogP contribution in [0.1, 0.15) is 29.5 Å². The SMILES string of the molecule is Cc1cc(NC(=O)CCSc2n[nH]c(/C=C/c3ccc(C)o3)n2)no1. The van der Waals surface area contributed by atoms with Crippen LogP contribution < -0.4 is 5.32 Å². The molecule has 3 aromatic rings. The minimum Gasteiger partial charge on any atom is -0.462 e. The van der Waals surface area contributed by atoms with Crippen LogP contribution in [0.5, 0.6) is 0 Å². The summed E-state index contributed by atoms with van der Waals surface area (Å²) in [6.07, 6.45) is 3.92. The van der Waals surface area contributed by atoms with Gasteiger partial charge in [-0.05, 0) is 38.1 Å². The number of rotatable bonds is 7. The van der Waals surface area contributed by atoms with Gasteiger partial charge in [0.15, 0.2) is 5.82 Å². The van der Waals surface area contributed by atoms with Crippen molar-refractivity contribution < 1.29 is 13.7 Å². The monoisotopic (exact) mass is 359 g/mol. The van der Waals surface area contributed by atoms with E-state index >= 15 is 0 Å². The van der Waals surface area contributed by atoms with Crippen molar-refractivity contribution >= 4 is 35.6 Å². The van der Waals surface area contributed by atoms with Crippen LogP contribution in [0.3, 0.4) is 0 Å². The molecule has 0 saturated heterocycles. The molecule has 25 heavy (non-hydrogen) atoms. The first-order chi connectivity index (χ1) is 12.1. The van der Waals surface area contributed by atoms with Crippen molar-refractivity contribution in [1.29, 1.82) is 0 Å². The Kier molecular flexibility index (Phi) is 5.34. The standard InChI is InChI=1S/C16H17N5O3S/c1-10-3-4-12(23-10)5-6-13-18-16(20-19-13)25-8-7-15(22)17-14-9-11(2)24-21-14/h3-6,9H,7-8H2,1-2H3,(H,17,21,22)(H,18,19,20)/b6-5+. The lowest BCUT2D eigenvalue weighted by Gasteiger charge is -1.99. The highest BCUT2D eigenvalue weighted by molar-refractivity contribution is 7.99. The molecule has 130 valence electrons. The summed E-state index contributed by atoms with van der Waals surface area (Å²) in [7, 11) is 0. The molecule has 0 aliphatic heterocycles. The summed E-state index contributed by atoms with van der Waals surface area (Å²) in [6.45, 7) is 3.65. The highest BCUT2D eigenvalue weighted by atomic mass is 32.2. The van der Waals surface area contributed by atoms with Crippen molar-refractivity contribution in [1.82, 2.24) is 20.3 Å². The van der Waals surface area contributed by atoms with Gasteiger partial charge in [-0.2, -0.15) is 0 Å². The van der Waals surface area contributed by atoms with Gasteiger partial charge < -0.3 is 14.3 Å². The molecule has 3 aromatic heterocycles. The third-order valence-electron chi connectivity index (χ3n) is 3.10. The molecule has 1 amide bonds. The second-order valence-corrected chi connectivity index (χ2v) is 6.32. The zero-order chi connectivity index (χ0) is 17.6. The van der Waals surface area contributed by atoms with Gasteiger partial charge in [0.05, 0.1) is 0 Å². The Hall–Kier alpha value is -2.81. The molecule has 3 rings (SSSR count). The quantitative estimate of drug-likeness (QED) is 0.623. The molecule has 0 aliphatic carbocycles. The Morgan fingerprint density at radius 2 is 2.20 bits per heavy atom. The first-order valence-corrected chi connectivity index (χ1v) is 8.60. The number of amides is 1. The number of thioether (sulfide) groups is 1. The van der Waals surface area contributed by atoms with Gasteiger partial charge in [0, 0.05) is 18.2 Å². The van der Waals surface area contributed by atoms with E-state index in [0.29, 0.717) is 34.7 Å². The van der Waals surface area contributed by atoms with Crippen molar-refractivity contribution in [3.63, 3.8) is 0 Å². The molecule has 0 atom stereocenters. The van der Waals surface area contributed by atoms with Crippen molar-refractivity contribution in [2.45, 2.75) is 25.4 Å². The molecular formula is C16H17N5O3S. The summed E-state index contributed by atoms with van der Waals surface area (Å²) in [6, 6.07) is 5.44. The van der Waals surface area contributed by atoms with Crippen molar-refractivity contribution in [2.75, 3.05) is 11.1 Å². The van der Waals surface area contributed by atoms with E-state index in [4.69, 9.17) is 8.94 Å². The second kappa shape index (κ2) is 7.84. The molecule has 8 nitrogen and oxygen atoms in total. The van der Waals surface area contributed by atoms with E-state index in [9.17, 15) is 4.79 Å². The number of nitrogens with one attached hydrogen (secondary N) is 2. The van der Waals surface area contributed by atoms with Crippen LogP contribution >= 0.6 is 11.8 Å². The smallest absolute Gasteiger partial charge is 0.226 e. The Morgan fingerprint density at radius 3 is 2.92 bits per heavy atom. The minimum absolute atomic E-state index is 0.135. The summed E-state index contributed by atoms with van der Waals surface area (Å²) in [5.41, 5.74) is 0. The van der Waals surface area contributed by atoms with Crippen LogP contribution in [-0.2, 0) is 4.79 Å². The van der Waals surface area contributed by atoms with E-state index in [0.717, 1.165) is 11.5 Å². The lowest BCUT2D eigenvalue weighted by atomic mass is 10.4. The fraction of sp³-hybridized carbons (Fsp3) is 0.250. The van der Waals surface area contributed by atoms with Crippen LogP contribution in [0.4, 0.5) is 5.82 Å². The maximum absolute atomic E-state index is 11.8. The Morgan fingerprint density at radius 1 is 1.32 bits per heavy atom. The average molecular weight is 359 g/mol. The third kappa shape index (κ3) is 5.08. The highest BCUT2D eigenvalue weighted by Crippen LogP contribution is 2.16. The van der Waals surface area contributed by atoms with Crippen molar-refractivity contribution in [3.05, 3.63) is 41.3 Å². The van der Waals surface area contributed by atoms with Crippen LogP contribution in [0.25, 0.3) is 12.2 Å². The summed E-state index contributed by atoms with van der Waals surface area (Å²) < 4.78 is 10.3. The summed E-state index contributed by atoms with van der Waals surface area (Å²) >= 11 is 1.40. The first-order valence-electron chi connectivity index (χ1n) is 7.61. The van der Waals surface area contributed by atoms with E-state index in [1.54, 1.807) is 19.1 Å². The molecular weight excluding hydrogens is 342 g/mol. The molecule has 2 N–H and O–H groups in total. The van der Waals surface area contributed by atoms with Gasteiger partial charge in [0.1, 0.15) is 23.1 Å². The van der Waals surface area contributed by atoms with Gasteiger partial charge in [-0.3, -0.25) is 9.89 Å². The van der Waals surface area contributed by atoms with E-state index in [1.165, 1.54) is 11.8 Å². The number of nitrogens with zero attached hydrogens (tertiary/aromatic N) is 3. The number of aromatic amines is 1. The second-order valence-electron chi connectivity index (χ2n) is 5.25. The fourth-order valence-corrected chi connectivity index (χ4v) is 2.71. The van der Waals surface area contributed by atoms with E-state index in [1.807, 2.05) is 25.1 Å². The molecule has 0 spiro atoms. The predicted octanol–water partition coefficient (Wildman–Crippen LogP) is 3.29. The zero-order valence-corrected chi connectivity index (χ0v) is 14.6. The van der Waals surface area contributed by atoms with Crippen molar-refractivity contribution in [3.8, 4) is 0 Å². The van der Waals surface area contributed by atoms with E-state index in [2.05, 4.69) is 25.7 Å². The van der Waals surface area contributed by atoms with Gasteiger partial charge in [0.25, 0.3) is 0 Å². The number of hydrogen-bond donors (Lipinski definition) is 2. The topological polar surface area (TPSA) is 110 Å². The van der Waals surface area contributed by atoms with Gasteiger partial charge in [-0.1, -0.05) is 16.9 Å². The van der Waals surface area contributed by atoms with Crippen molar-refractivity contribution in [2.24, 2.45) is 0 Å². The normalized spacial score (nSPS) is 11.3. The molecule has 9 heteroatoms. The minimum atomic E-state index is -0.135. The van der Waals surface area contributed by atoms with Crippen LogP contribution in [0.2, 0.25) is 0 Å². The fourth-order valence-electron chi connectivity index (χ4n) is 1.97. The number of carbonyl (C=O) groups is 1. The largest absolute Gasteiger partial charge is 0.462 e. The van der Waals surface area contributed by atoms with E-state index < -0.39 is 0 Å². The maximum Gasteiger partial charge on any atom is 0.226 e. The van der Waals surface area contributed by atoms with Crippen LogP contribution in [-0.4, -0.2) is 32.0 Å². The number of carbonyl (C=O) groups excluding carboxylic acids is 1. The van der Waals surface area contributed by atoms with E-state index in [-0.39, 0.29) is 5.91 Å². The predicted molar refractivity (Wildman–Crippen MR) is 94.0 cm³/mol. The molecule has 0 unspecified atom stereocenters. The summed E-state index contributed by atoms with van der Waals surface area (Å²) in [5, 5.41) is 13.9. The molecule has 3 heterocycles. The lowest BCUT2D eigenvalue weighted by Crippen LogP contribution is -2.12. The third-order valence-corrected chi connectivity index (χ3v) is 3.95. The molecule has 0 radical (unpaired) electrons. The van der Waals surface area contributed by atoms with Gasteiger partial charge in [0.2, 0.25) is 11.1 Å². The molecule has 0 fully saturated rings. The molecule has 0 aromatic carbocycles.